The Morgan fingerprint density at radius 2 is 2.21 bits per heavy atom. The maximum absolute atomic E-state index is 13.2. The highest BCUT2D eigenvalue weighted by Gasteiger charge is 2.31. The van der Waals surface area contributed by atoms with Crippen LogP contribution in [-0.2, 0) is 0 Å². The molecule has 0 bridgehead atoms. The highest BCUT2D eigenvalue weighted by atomic mass is 35.5. The van der Waals surface area contributed by atoms with Crippen LogP contribution in [0.4, 0.5) is 4.39 Å². The van der Waals surface area contributed by atoms with Crippen LogP contribution in [0.2, 0.25) is 5.02 Å². The number of hydrogen-bond donors (Lipinski definition) is 1. The van der Waals surface area contributed by atoms with Gasteiger partial charge in [-0.1, -0.05) is 31.5 Å². The van der Waals surface area contributed by atoms with Crippen LogP contribution in [0.25, 0.3) is 0 Å². The molecule has 1 aromatic rings. The van der Waals surface area contributed by atoms with Crippen LogP contribution in [-0.4, -0.2) is 24.0 Å². The van der Waals surface area contributed by atoms with Crippen molar-refractivity contribution >= 4 is 11.6 Å². The first-order valence-electron chi connectivity index (χ1n) is 6.93. The van der Waals surface area contributed by atoms with Gasteiger partial charge in [0.25, 0.3) is 0 Å². The molecule has 19 heavy (non-hydrogen) atoms. The number of piperidine rings is 1. The fraction of sp³-hybridized carbons (Fsp3) is 0.600. The summed E-state index contributed by atoms with van der Waals surface area (Å²) in [7, 11) is 0. The van der Waals surface area contributed by atoms with E-state index in [0.29, 0.717) is 10.9 Å². The molecule has 0 aliphatic carbocycles. The van der Waals surface area contributed by atoms with Crippen molar-refractivity contribution in [3.05, 3.63) is 34.6 Å². The van der Waals surface area contributed by atoms with Gasteiger partial charge in [-0.05, 0) is 43.0 Å². The number of halogens is 2. The third-order valence-corrected chi connectivity index (χ3v) is 3.99. The minimum absolute atomic E-state index is 0.0652. The van der Waals surface area contributed by atoms with Crippen LogP contribution < -0.4 is 5.73 Å². The molecule has 4 heteroatoms. The lowest BCUT2D eigenvalue weighted by Gasteiger charge is -2.41. The van der Waals surface area contributed by atoms with Gasteiger partial charge in [-0.25, -0.2) is 4.39 Å². The SMILES string of the molecule is CC(C)CN1CCCC(N)C1c1ccc(F)cc1Cl. The van der Waals surface area contributed by atoms with Gasteiger partial charge in [-0.15, -0.1) is 0 Å². The van der Waals surface area contributed by atoms with Crippen molar-refractivity contribution in [1.82, 2.24) is 4.90 Å². The smallest absolute Gasteiger partial charge is 0.124 e. The Morgan fingerprint density at radius 3 is 2.84 bits per heavy atom. The molecule has 1 aliphatic heterocycles. The average molecular weight is 285 g/mol. The van der Waals surface area contributed by atoms with Gasteiger partial charge in [-0.2, -0.15) is 0 Å². The van der Waals surface area contributed by atoms with E-state index in [0.717, 1.165) is 31.5 Å². The minimum Gasteiger partial charge on any atom is -0.326 e. The molecule has 2 atom stereocenters. The maximum atomic E-state index is 13.2. The predicted octanol–water partition coefficient (Wildman–Crippen LogP) is 3.60. The van der Waals surface area contributed by atoms with Crippen molar-refractivity contribution in [2.24, 2.45) is 11.7 Å². The third-order valence-electron chi connectivity index (χ3n) is 3.66. The molecule has 1 aromatic carbocycles. The van der Waals surface area contributed by atoms with E-state index in [1.54, 1.807) is 6.07 Å². The molecular weight excluding hydrogens is 263 g/mol. The van der Waals surface area contributed by atoms with E-state index in [1.807, 2.05) is 0 Å². The van der Waals surface area contributed by atoms with Crippen LogP contribution in [0.1, 0.15) is 38.3 Å². The van der Waals surface area contributed by atoms with E-state index in [-0.39, 0.29) is 17.9 Å². The van der Waals surface area contributed by atoms with Crippen LogP contribution >= 0.6 is 11.6 Å². The fourth-order valence-corrected chi connectivity index (χ4v) is 3.22. The molecule has 1 saturated heterocycles. The van der Waals surface area contributed by atoms with Gasteiger partial charge in [0.2, 0.25) is 0 Å². The molecule has 2 unspecified atom stereocenters. The summed E-state index contributed by atoms with van der Waals surface area (Å²) >= 11 is 6.21. The topological polar surface area (TPSA) is 29.3 Å². The highest BCUT2D eigenvalue weighted by Crippen LogP contribution is 2.34. The number of likely N-dealkylation sites (tertiary alicyclic amines) is 1. The summed E-state index contributed by atoms with van der Waals surface area (Å²) < 4.78 is 13.2. The molecule has 0 saturated carbocycles. The van der Waals surface area contributed by atoms with Crippen LogP contribution in [0.15, 0.2) is 18.2 Å². The van der Waals surface area contributed by atoms with Gasteiger partial charge in [0.05, 0.1) is 6.04 Å². The molecule has 0 aromatic heterocycles. The van der Waals surface area contributed by atoms with Crippen molar-refractivity contribution in [3.8, 4) is 0 Å². The Hall–Kier alpha value is -0.640. The number of nitrogens with zero attached hydrogens (tertiary/aromatic N) is 1. The quantitative estimate of drug-likeness (QED) is 0.919. The normalized spacial score (nSPS) is 24.9. The van der Waals surface area contributed by atoms with E-state index < -0.39 is 0 Å². The summed E-state index contributed by atoms with van der Waals surface area (Å²) in [5.41, 5.74) is 7.24. The van der Waals surface area contributed by atoms with Crippen LogP contribution in [0, 0.1) is 11.7 Å². The van der Waals surface area contributed by atoms with Crippen molar-refractivity contribution in [3.63, 3.8) is 0 Å². The molecule has 1 heterocycles. The van der Waals surface area contributed by atoms with E-state index in [4.69, 9.17) is 17.3 Å². The lowest BCUT2D eigenvalue weighted by molar-refractivity contribution is 0.114. The van der Waals surface area contributed by atoms with Crippen LogP contribution in [0.3, 0.4) is 0 Å². The van der Waals surface area contributed by atoms with E-state index in [2.05, 4.69) is 18.7 Å². The van der Waals surface area contributed by atoms with Gasteiger partial charge in [0, 0.05) is 17.6 Å². The van der Waals surface area contributed by atoms with Crippen molar-refractivity contribution in [2.75, 3.05) is 13.1 Å². The lowest BCUT2D eigenvalue weighted by Crippen LogP contribution is -2.47. The Balaban J connectivity index is 2.30. The Bertz CT molecular complexity index is 436. The number of nitrogens with two attached hydrogens (primary N) is 1. The highest BCUT2D eigenvalue weighted by molar-refractivity contribution is 6.31. The minimum atomic E-state index is -0.298. The Morgan fingerprint density at radius 1 is 1.47 bits per heavy atom. The molecule has 2 N–H and O–H groups in total. The summed E-state index contributed by atoms with van der Waals surface area (Å²) in [4.78, 5) is 2.39. The van der Waals surface area contributed by atoms with E-state index in [1.165, 1.54) is 12.1 Å². The second kappa shape index (κ2) is 6.21. The second-order valence-electron chi connectivity index (χ2n) is 5.81. The summed E-state index contributed by atoms with van der Waals surface area (Å²) in [6.45, 7) is 6.42. The van der Waals surface area contributed by atoms with Gasteiger partial charge >= 0.3 is 0 Å². The molecule has 2 rings (SSSR count). The van der Waals surface area contributed by atoms with Crippen LogP contribution in [0.5, 0.6) is 0 Å². The molecule has 0 spiro atoms. The fourth-order valence-electron chi connectivity index (χ4n) is 2.94. The number of hydrogen-bond acceptors (Lipinski definition) is 2. The average Bonchev–Trinajstić information content (AvgIpc) is 2.30. The van der Waals surface area contributed by atoms with Crippen molar-refractivity contribution in [1.29, 1.82) is 0 Å². The summed E-state index contributed by atoms with van der Waals surface area (Å²) in [5.74, 6) is 0.278. The summed E-state index contributed by atoms with van der Waals surface area (Å²) in [6.07, 6.45) is 2.11. The molecule has 2 nitrogen and oxygen atoms in total. The zero-order valence-corrected chi connectivity index (χ0v) is 12.3. The summed E-state index contributed by atoms with van der Waals surface area (Å²) in [6, 6.07) is 4.79. The molecule has 0 radical (unpaired) electrons. The molecule has 1 aliphatic rings. The zero-order chi connectivity index (χ0) is 14.0. The van der Waals surface area contributed by atoms with Gasteiger partial charge in [0.15, 0.2) is 0 Å². The first-order valence-corrected chi connectivity index (χ1v) is 7.31. The summed E-state index contributed by atoms with van der Waals surface area (Å²) in [5, 5.41) is 0.483. The monoisotopic (exact) mass is 284 g/mol. The Kier molecular flexibility index (Phi) is 4.82. The largest absolute Gasteiger partial charge is 0.326 e. The van der Waals surface area contributed by atoms with Gasteiger partial charge < -0.3 is 5.73 Å². The van der Waals surface area contributed by atoms with Crippen molar-refractivity contribution in [2.45, 2.75) is 38.8 Å². The molecule has 106 valence electrons. The first-order chi connectivity index (χ1) is 8.99. The standard InChI is InChI=1S/C15H22ClFN2/c1-10(2)9-19-7-3-4-14(18)15(19)12-6-5-11(17)8-13(12)16/h5-6,8,10,14-15H,3-4,7,9,18H2,1-2H3. The van der Waals surface area contributed by atoms with E-state index in [9.17, 15) is 4.39 Å². The zero-order valence-electron chi connectivity index (χ0n) is 11.6. The maximum Gasteiger partial charge on any atom is 0.124 e. The first kappa shape index (κ1) is 14.8. The molecule has 1 fully saturated rings. The molecule has 0 amide bonds. The third kappa shape index (κ3) is 3.47. The Labute approximate surface area is 119 Å². The number of benzene rings is 1. The second-order valence-corrected chi connectivity index (χ2v) is 6.21. The molecular formula is C15H22ClFN2. The van der Waals surface area contributed by atoms with Crippen molar-refractivity contribution < 1.29 is 4.39 Å². The van der Waals surface area contributed by atoms with Gasteiger partial charge in [-0.3, -0.25) is 4.90 Å². The lowest BCUT2D eigenvalue weighted by atomic mass is 9.90. The van der Waals surface area contributed by atoms with Gasteiger partial charge in [0.1, 0.15) is 5.82 Å². The predicted molar refractivity (Wildman–Crippen MR) is 77.8 cm³/mol. The van der Waals surface area contributed by atoms with E-state index >= 15 is 0 Å². The number of rotatable bonds is 3.